The lowest BCUT2D eigenvalue weighted by Crippen LogP contribution is -2.31. The zero-order valence-electron chi connectivity index (χ0n) is 10.9. The standard InChI is InChI=1S/C12H8N4O5S/c17-10-9(16(19)20)4-15(12(18)14-10)3-8-6-22-11(13-8)7-1-2-21-5-7/h1-2,4-6H,3H2,(H,14,17,18). The van der Waals surface area contributed by atoms with Gasteiger partial charge in [-0.3, -0.25) is 24.5 Å². The first-order chi connectivity index (χ1) is 10.5. The zero-order valence-corrected chi connectivity index (χ0v) is 11.7. The molecule has 0 saturated heterocycles. The first-order valence-electron chi connectivity index (χ1n) is 6.00. The van der Waals surface area contributed by atoms with E-state index >= 15 is 0 Å². The van der Waals surface area contributed by atoms with Crippen LogP contribution in [0.2, 0.25) is 0 Å². The number of aromatic nitrogens is 3. The van der Waals surface area contributed by atoms with E-state index in [0.29, 0.717) is 10.7 Å². The molecular weight excluding hydrogens is 312 g/mol. The first kappa shape index (κ1) is 13.9. The molecule has 0 saturated carbocycles. The molecule has 0 aromatic carbocycles. The predicted molar refractivity (Wildman–Crippen MR) is 76.9 cm³/mol. The van der Waals surface area contributed by atoms with Crippen molar-refractivity contribution in [1.82, 2.24) is 14.5 Å². The van der Waals surface area contributed by atoms with Crippen LogP contribution < -0.4 is 11.2 Å². The van der Waals surface area contributed by atoms with E-state index in [1.54, 1.807) is 17.7 Å². The van der Waals surface area contributed by atoms with Crippen molar-refractivity contribution in [1.29, 1.82) is 0 Å². The quantitative estimate of drug-likeness (QED) is 0.569. The van der Waals surface area contributed by atoms with Gasteiger partial charge in [-0.25, -0.2) is 9.78 Å². The number of nitrogens with zero attached hydrogens (tertiary/aromatic N) is 3. The highest BCUT2D eigenvalue weighted by Crippen LogP contribution is 2.24. The molecule has 3 aromatic rings. The minimum atomic E-state index is -1.02. The lowest BCUT2D eigenvalue weighted by molar-refractivity contribution is -0.386. The van der Waals surface area contributed by atoms with Gasteiger partial charge in [0.2, 0.25) is 0 Å². The van der Waals surface area contributed by atoms with Crippen LogP contribution in [0.1, 0.15) is 5.69 Å². The van der Waals surface area contributed by atoms with Crippen LogP contribution in [0, 0.1) is 10.1 Å². The van der Waals surface area contributed by atoms with Gasteiger partial charge in [0.05, 0.1) is 29.6 Å². The number of H-pyrrole nitrogens is 1. The molecule has 112 valence electrons. The lowest BCUT2D eigenvalue weighted by atomic mass is 10.3. The van der Waals surface area contributed by atoms with Crippen LogP contribution in [-0.2, 0) is 6.54 Å². The maximum Gasteiger partial charge on any atom is 0.350 e. The maximum absolute atomic E-state index is 11.7. The number of aromatic amines is 1. The van der Waals surface area contributed by atoms with Gasteiger partial charge in [-0.15, -0.1) is 11.3 Å². The van der Waals surface area contributed by atoms with Crippen molar-refractivity contribution >= 4 is 17.0 Å². The van der Waals surface area contributed by atoms with Crippen molar-refractivity contribution in [2.24, 2.45) is 0 Å². The molecule has 9 nitrogen and oxygen atoms in total. The van der Waals surface area contributed by atoms with Gasteiger partial charge < -0.3 is 4.42 Å². The minimum absolute atomic E-state index is 0.0187. The van der Waals surface area contributed by atoms with Crippen LogP contribution in [0.3, 0.4) is 0 Å². The third kappa shape index (κ3) is 2.59. The highest BCUT2D eigenvalue weighted by Gasteiger charge is 2.15. The van der Waals surface area contributed by atoms with Crippen LogP contribution in [0.15, 0.2) is 44.2 Å². The second-order valence-corrected chi connectivity index (χ2v) is 5.17. The number of hydrogen-bond donors (Lipinski definition) is 1. The largest absolute Gasteiger partial charge is 0.472 e. The molecule has 0 fully saturated rings. The Balaban J connectivity index is 1.94. The second-order valence-electron chi connectivity index (χ2n) is 4.31. The van der Waals surface area contributed by atoms with E-state index in [2.05, 4.69) is 4.98 Å². The molecule has 0 spiro atoms. The average Bonchev–Trinajstić information content (AvgIpc) is 3.12. The molecule has 0 amide bonds. The van der Waals surface area contributed by atoms with Gasteiger partial charge in [0.25, 0.3) is 0 Å². The van der Waals surface area contributed by atoms with E-state index in [9.17, 15) is 19.7 Å². The Morgan fingerprint density at radius 2 is 2.27 bits per heavy atom. The average molecular weight is 320 g/mol. The Hall–Kier alpha value is -3.01. The van der Waals surface area contributed by atoms with Gasteiger partial charge in [-0.05, 0) is 6.07 Å². The van der Waals surface area contributed by atoms with E-state index in [0.717, 1.165) is 16.3 Å². The minimum Gasteiger partial charge on any atom is -0.472 e. The fourth-order valence-corrected chi connectivity index (χ4v) is 2.62. The summed E-state index contributed by atoms with van der Waals surface area (Å²) in [5.41, 5.74) is -1.09. The fourth-order valence-electron chi connectivity index (χ4n) is 1.82. The second kappa shape index (κ2) is 5.41. The van der Waals surface area contributed by atoms with E-state index in [4.69, 9.17) is 4.42 Å². The smallest absolute Gasteiger partial charge is 0.350 e. The number of hydrogen-bond acceptors (Lipinski definition) is 7. The summed E-state index contributed by atoms with van der Waals surface area (Å²) in [7, 11) is 0. The Morgan fingerprint density at radius 1 is 1.45 bits per heavy atom. The first-order valence-corrected chi connectivity index (χ1v) is 6.87. The third-order valence-electron chi connectivity index (χ3n) is 2.84. The van der Waals surface area contributed by atoms with Gasteiger partial charge in [-0.2, -0.15) is 0 Å². The number of nitrogens with one attached hydrogen (secondary N) is 1. The van der Waals surface area contributed by atoms with E-state index in [1.807, 2.05) is 4.98 Å². The zero-order chi connectivity index (χ0) is 15.7. The van der Waals surface area contributed by atoms with Crippen molar-refractivity contribution < 1.29 is 9.34 Å². The predicted octanol–water partition coefficient (Wildman–Crippen LogP) is 1.21. The molecule has 3 aromatic heterocycles. The monoisotopic (exact) mass is 320 g/mol. The van der Waals surface area contributed by atoms with E-state index < -0.39 is 21.9 Å². The van der Waals surface area contributed by atoms with Crippen molar-refractivity contribution in [3.05, 3.63) is 66.8 Å². The van der Waals surface area contributed by atoms with Crippen LogP contribution in [0.25, 0.3) is 10.6 Å². The van der Waals surface area contributed by atoms with E-state index in [-0.39, 0.29) is 6.54 Å². The SMILES string of the molecule is O=c1[nH]c(=O)n(Cc2csc(-c3ccoc3)n2)cc1[N+](=O)[O-]. The maximum atomic E-state index is 11.7. The summed E-state index contributed by atoms with van der Waals surface area (Å²) < 4.78 is 6.00. The molecule has 0 unspecified atom stereocenters. The summed E-state index contributed by atoms with van der Waals surface area (Å²) in [6, 6.07) is 1.75. The van der Waals surface area contributed by atoms with Crippen LogP contribution in [0.4, 0.5) is 5.69 Å². The van der Waals surface area contributed by atoms with Crippen LogP contribution in [-0.4, -0.2) is 19.5 Å². The van der Waals surface area contributed by atoms with Gasteiger partial charge in [0.1, 0.15) is 11.3 Å². The topological polar surface area (TPSA) is 124 Å². The Labute approximate surface area is 125 Å². The van der Waals surface area contributed by atoms with Crippen molar-refractivity contribution in [3.8, 4) is 10.6 Å². The molecule has 0 bridgehead atoms. The van der Waals surface area contributed by atoms with Crippen molar-refractivity contribution in [3.63, 3.8) is 0 Å². The summed E-state index contributed by atoms with van der Waals surface area (Å²) in [4.78, 5) is 39.2. The van der Waals surface area contributed by atoms with Gasteiger partial charge in [0, 0.05) is 10.9 Å². The van der Waals surface area contributed by atoms with Crippen LogP contribution >= 0.6 is 11.3 Å². The Morgan fingerprint density at radius 3 is 2.95 bits per heavy atom. The summed E-state index contributed by atoms with van der Waals surface area (Å²) in [6.07, 6.45) is 3.98. The van der Waals surface area contributed by atoms with Crippen molar-refractivity contribution in [2.75, 3.05) is 0 Å². The van der Waals surface area contributed by atoms with Crippen LogP contribution in [0.5, 0.6) is 0 Å². The molecule has 0 aliphatic rings. The highest BCUT2D eigenvalue weighted by atomic mass is 32.1. The Kier molecular flexibility index (Phi) is 3.43. The number of furan rings is 1. The molecule has 3 rings (SSSR count). The van der Waals surface area contributed by atoms with Gasteiger partial charge in [0.15, 0.2) is 0 Å². The van der Waals surface area contributed by atoms with E-state index in [1.165, 1.54) is 17.6 Å². The molecular formula is C12H8N4O5S. The Bertz CT molecular complexity index is 937. The molecule has 3 heterocycles. The molecule has 0 aliphatic heterocycles. The number of thiazole rings is 1. The molecule has 0 radical (unpaired) electrons. The lowest BCUT2D eigenvalue weighted by Gasteiger charge is -2.01. The molecule has 0 atom stereocenters. The normalized spacial score (nSPS) is 10.7. The summed E-state index contributed by atoms with van der Waals surface area (Å²) >= 11 is 1.35. The molecule has 1 N–H and O–H groups in total. The fraction of sp³-hybridized carbons (Fsp3) is 0.0833. The van der Waals surface area contributed by atoms with Crippen molar-refractivity contribution in [2.45, 2.75) is 6.54 Å². The van der Waals surface area contributed by atoms with Gasteiger partial charge >= 0.3 is 16.9 Å². The third-order valence-corrected chi connectivity index (χ3v) is 3.78. The molecule has 22 heavy (non-hydrogen) atoms. The highest BCUT2D eigenvalue weighted by molar-refractivity contribution is 7.13. The number of nitro groups is 1. The number of rotatable bonds is 4. The summed E-state index contributed by atoms with van der Waals surface area (Å²) in [5.74, 6) is 0. The molecule has 0 aliphatic carbocycles. The summed E-state index contributed by atoms with van der Waals surface area (Å²) in [6.45, 7) is 0.0187. The van der Waals surface area contributed by atoms with Gasteiger partial charge in [-0.1, -0.05) is 0 Å². The summed E-state index contributed by atoms with van der Waals surface area (Å²) in [5, 5.41) is 13.2. The molecule has 10 heteroatoms.